The summed E-state index contributed by atoms with van der Waals surface area (Å²) in [7, 11) is 0. The molecule has 80 valence electrons. The molecule has 0 aromatic heterocycles. The number of hydrogen-bond donors (Lipinski definition) is 1. The Kier molecular flexibility index (Phi) is 3.86. The predicted octanol–water partition coefficient (Wildman–Crippen LogP) is 1.65. The molecule has 0 aliphatic carbocycles. The molecule has 0 rings (SSSR count). The fourth-order valence-electron chi connectivity index (χ4n) is 0.652. The van der Waals surface area contributed by atoms with Crippen LogP contribution in [-0.2, 0) is 9.53 Å². The summed E-state index contributed by atoms with van der Waals surface area (Å²) < 4.78 is 4.98. The second-order valence-corrected chi connectivity index (χ2v) is 4.23. The largest absolute Gasteiger partial charge is 0.444 e. The fourth-order valence-corrected chi connectivity index (χ4v) is 0.652. The maximum atomic E-state index is 11.3. The maximum Gasteiger partial charge on any atom is 0.408 e. The molecule has 1 atom stereocenters. The lowest BCUT2D eigenvalue weighted by Gasteiger charge is -2.24. The Morgan fingerprint density at radius 1 is 1.36 bits per heavy atom. The van der Waals surface area contributed by atoms with E-state index in [2.05, 4.69) is 11.9 Å². The lowest BCUT2D eigenvalue weighted by Crippen LogP contribution is -2.47. The summed E-state index contributed by atoms with van der Waals surface area (Å²) in [6.07, 6.45) is 1.32. The molecular weight excluding hydrogens is 182 g/mol. The second kappa shape index (κ2) is 4.26. The highest BCUT2D eigenvalue weighted by Gasteiger charge is 2.25. The third kappa shape index (κ3) is 4.64. The van der Waals surface area contributed by atoms with Crippen LogP contribution in [0.1, 0.15) is 27.7 Å². The van der Waals surface area contributed by atoms with Crippen LogP contribution in [0.4, 0.5) is 4.79 Å². The molecule has 0 bridgehead atoms. The summed E-state index contributed by atoms with van der Waals surface area (Å²) >= 11 is 0. The number of nitrogens with one attached hydrogen (secondary N) is 1. The van der Waals surface area contributed by atoms with Gasteiger partial charge in [-0.15, -0.1) is 6.58 Å². The molecule has 1 amide bonds. The highest BCUT2D eigenvalue weighted by Crippen LogP contribution is 2.08. The van der Waals surface area contributed by atoms with Crippen molar-refractivity contribution in [2.24, 2.45) is 0 Å². The van der Waals surface area contributed by atoms with Crippen molar-refractivity contribution in [1.82, 2.24) is 5.32 Å². The quantitative estimate of drug-likeness (QED) is 0.555. The van der Waals surface area contributed by atoms with Crippen molar-refractivity contribution in [3.63, 3.8) is 0 Å². The van der Waals surface area contributed by atoms with Gasteiger partial charge in [0.2, 0.25) is 0 Å². The fraction of sp³-hybridized carbons (Fsp3) is 0.600. The van der Waals surface area contributed by atoms with Crippen LogP contribution in [0.2, 0.25) is 0 Å². The molecule has 1 unspecified atom stereocenters. The van der Waals surface area contributed by atoms with Gasteiger partial charge in [0.1, 0.15) is 17.4 Å². The normalized spacial score (nSPS) is 15.1. The van der Waals surface area contributed by atoms with Gasteiger partial charge in [0, 0.05) is 0 Å². The van der Waals surface area contributed by atoms with E-state index < -0.39 is 17.2 Å². The van der Waals surface area contributed by atoms with E-state index in [0.717, 1.165) is 0 Å². The molecule has 0 saturated heterocycles. The first-order chi connectivity index (χ1) is 6.22. The smallest absolute Gasteiger partial charge is 0.408 e. The third-order valence-corrected chi connectivity index (χ3v) is 1.44. The molecule has 1 N–H and O–H groups in total. The molecule has 0 saturated carbocycles. The minimum absolute atomic E-state index is 0.574. The van der Waals surface area contributed by atoms with Gasteiger partial charge in [0.25, 0.3) is 0 Å². The Morgan fingerprint density at radius 2 is 1.86 bits per heavy atom. The van der Waals surface area contributed by atoms with Gasteiger partial charge in [-0.25, -0.2) is 4.79 Å². The van der Waals surface area contributed by atoms with E-state index in [1.165, 1.54) is 13.0 Å². The molecular formula is C10H17NO3. The molecule has 0 aliphatic rings. The van der Waals surface area contributed by atoms with Crippen LogP contribution < -0.4 is 5.32 Å². The van der Waals surface area contributed by atoms with Crippen molar-refractivity contribution in [3.8, 4) is 0 Å². The van der Waals surface area contributed by atoms with E-state index in [9.17, 15) is 9.59 Å². The second-order valence-electron chi connectivity index (χ2n) is 4.23. The monoisotopic (exact) mass is 199 g/mol. The van der Waals surface area contributed by atoms with E-state index in [-0.39, 0.29) is 0 Å². The van der Waals surface area contributed by atoms with Crippen molar-refractivity contribution < 1.29 is 14.3 Å². The maximum absolute atomic E-state index is 11.3. The summed E-state index contributed by atoms with van der Waals surface area (Å²) in [5, 5.41) is 2.40. The molecule has 0 spiro atoms. The molecule has 0 heterocycles. The molecule has 0 aliphatic heterocycles. The first-order valence-corrected chi connectivity index (χ1v) is 4.33. The number of carbonyl (C=O) groups excluding carboxylic acids is 2. The molecule has 0 aromatic rings. The third-order valence-electron chi connectivity index (χ3n) is 1.44. The first kappa shape index (κ1) is 12.7. The molecule has 4 nitrogen and oxygen atoms in total. The van der Waals surface area contributed by atoms with Gasteiger partial charge in [-0.1, -0.05) is 6.08 Å². The van der Waals surface area contributed by atoms with Crippen LogP contribution in [0.5, 0.6) is 0 Å². The number of ether oxygens (including phenoxy) is 1. The van der Waals surface area contributed by atoms with Gasteiger partial charge < -0.3 is 14.8 Å². The molecule has 0 fully saturated rings. The zero-order valence-corrected chi connectivity index (χ0v) is 9.09. The van der Waals surface area contributed by atoms with E-state index >= 15 is 0 Å². The van der Waals surface area contributed by atoms with E-state index in [1.807, 2.05) is 0 Å². The summed E-state index contributed by atoms with van der Waals surface area (Å²) in [6, 6.07) is 0. The first-order valence-electron chi connectivity index (χ1n) is 4.33. The Balaban J connectivity index is 4.32. The Hall–Kier alpha value is -1.32. The average Bonchev–Trinajstić information content (AvgIpc) is 2.00. The number of alkyl carbamates (subject to hydrolysis) is 1. The Morgan fingerprint density at radius 3 is 2.14 bits per heavy atom. The van der Waals surface area contributed by atoms with Crippen LogP contribution in [0, 0.1) is 0 Å². The summed E-state index contributed by atoms with van der Waals surface area (Å²) in [4.78, 5) is 21.9. The number of aldehydes is 1. The highest BCUT2D eigenvalue weighted by molar-refractivity contribution is 5.78. The van der Waals surface area contributed by atoms with Gasteiger partial charge in [0.15, 0.2) is 0 Å². The minimum Gasteiger partial charge on any atom is -0.444 e. The van der Waals surface area contributed by atoms with Crippen LogP contribution in [-0.4, -0.2) is 23.5 Å². The van der Waals surface area contributed by atoms with Crippen molar-refractivity contribution in [2.45, 2.75) is 38.8 Å². The van der Waals surface area contributed by atoms with Crippen LogP contribution in [0.15, 0.2) is 12.7 Å². The number of amides is 1. The van der Waals surface area contributed by atoms with E-state index in [1.54, 1.807) is 20.8 Å². The van der Waals surface area contributed by atoms with Gasteiger partial charge in [-0.3, -0.25) is 0 Å². The van der Waals surface area contributed by atoms with E-state index in [0.29, 0.717) is 6.29 Å². The van der Waals surface area contributed by atoms with Gasteiger partial charge in [-0.05, 0) is 27.7 Å². The van der Waals surface area contributed by atoms with Crippen LogP contribution in [0.25, 0.3) is 0 Å². The van der Waals surface area contributed by atoms with Crippen molar-refractivity contribution in [2.75, 3.05) is 0 Å². The molecule has 14 heavy (non-hydrogen) atoms. The minimum atomic E-state index is -1.07. The molecule has 0 radical (unpaired) electrons. The Bertz CT molecular complexity index is 232. The predicted molar refractivity (Wildman–Crippen MR) is 54.0 cm³/mol. The van der Waals surface area contributed by atoms with E-state index in [4.69, 9.17) is 4.74 Å². The number of carbonyl (C=O) groups is 2. The van der Waals surface area contributed by atoms with Crippen molar-refractivity contribution >= 4 is 12.4 Å². The van der Waals surface area contributed by atoms with Gasteiger partial charge in [0.05, 0.1) is 0 Å². The van der Waals surface area contributed by atoms with Crippen molar-refractivity contribution in [1.29, 1.82) is 0 Å². The van der Waals surface area contributed by atoms with Crippen LogP contribution in [0.3, 0.4) is 0 Å². The lowest BCUT2D eigenvalue weighted by molar-refractivity contribution is -0.111. The highest BCUT2D eigenvalue weighted by atomic mass is 16.6. The summed E-state index contributed by atoms with van der Waals surface area (Å²) in [5.41, 5.74) is -1.64. The topological polar surface area (TPSA) is 55.4 Å². The Labute approximate surface area is 84.3 Å². The average molecular weight is 199 g/mol. The lowest BCUT2D eigenvalue weighted by atomic mass is 10.1. The zero-order chi connectivity index (χ0) is 11.4. The van der Waals surface area contributed by atoms with Crippen LogP contribution >= 0.6 is 0 Å². The standard InChI is InChI=1S/C10H17NO3/c1-6-10(5,7-12)11-8(13)14-9(2,3)4/h6-7H,1H2,2-5H3,(H,11,13). The van der Waals surface area contributed by atoms with Crippen molar-refractivity contribution in [3.05, 3.63) is 12.7 Å². The zero-order valence-electron chi connectivity index (χ0n) is 9.09. The number of rotatable bonds is 3. The SMILES string of the molecule is C=CC(C)(C=O)NC(=O)OC(C)(C)C. The van der Waals surface area contributed by atoms with Gasteiger partial charge >= 0.3 is 6.09 Å². The molecule has 0 aromatic carbocycles. The molecule has 4 heteroatoms. The van der Waals surface area contributed by atoms with Gasteiger partial charge in [-0.2, -0.15) is 0 Å². The summed E-state index contributed by atoms with van der Waals surface area (Å²) in [6.45, 7) is 10.2. The number of hydrogen-bond acceptors (Lipinski definition) is 3. The summed E-state index contributed by atoms with van der Waals surface area (Å²) in [5.74, 6) is 0.